The topological polar surface area (TPSA) is 91.9 Å². The van der Waals surface area contributed by atoms with Crippen LogP contribution in [0.4, 0.5) is 0 Å². The minimum absolute atomic E-state index is 0.0263. The summed E-state index contributed by atoms with van der Waals surface area (Å²) in [6.45, 7) is 4.89. The fraction of sp³-hybridized carbons (Fsp3) is 0.556. The Labute approximate surface area is 94.5 Å². The van der Waals surface area contributed by atoms with E-state index in [2.05, 4.69) is 14.7 Å². The van der Waals surface area contributed by atoms with Crippen molar-refractivity contribution in [3.63, 3.8) is 0 Å². The van der Waals surface area contributed by atoms with Gasteiger partial charge < -0.3 is 4.98 Å². The number of Topliss-reactive ketones (excluding diaryl/α,β-unsaturated/α-hetero) is 1. The van der Waals surface area contributed by atoms with Gasteiger partial charge in [0.05, 0.1) is 12.7 Å². The van der Waals surface area contributed by atoms with Crippen LogP contribution in [-0.2, 0) is 14.8 Å². The minimum atomic E-state index is -3.66. The molecule has 0 aromatic carbocycles. The zero-order chi connectivity index (χ0) is 12.3. The van der Waals surface area contributed by atoms with Gasteiger partial charge in [-0.2, -0.15) is 0 Å². The summed E-state index contributed by atoms with van der Waals surface area (Å²) in [6.07, 6.45) is 1.22. The number of hydrogen-bond acceptors (Lipinski definition) is 4. The molecule has 0 saturated heterocycles. The molecule has 0 aliphatic heterocycles. The quantitative estimate of drug-likeness (QED) is 0.776. The lowest BCUT2D eigenvalue weighted by Crippen LogP contribution is -2.31. The van der Waals surface area contributed by atoms with Crippen molar-refractivity contribution in [3.8, 4) is 0 Å². The van der Waals surface area contributed by atoms with Crippen LogP contribution in [-0.4, -0.2) is 30.7 Å². The first-order valence-corrected chi connectivity index (χ1v) is 6.35. The maximum absolute atomic E-state index is 11.6. The van der Waals surface area contributed by atoms with Crippen LogP contribution in [0.3, 0.4) is 0 Å². The molecule has 0 radical (unpaired) electrons. The Balaban J connectivity index is 2.70. The Bertz CT molecular complexity index is 476. The first-order chi connectivity index (χ1) is 7.33. The maximum atomic E-state index is 11.6. The standard InChI is InChI=1S/C9H15N3O3S/c1-6(2)8(13)4-11-16(14,15)9-5-10-7(3)12-9/h5-6,11H,4H2,1-3H3,(H,10,12). The third-order valence-corrected chi connectivity index (χ3v) is 3.36. The normalized spacial score (nSPS) is 12.0. The van der Waals surface area contributed by atoms with Crippen molar-refractivity contribution in [1.29, 1.82) is 0 Å². The highest BCUT2D eigenvalue weighted by atomic mass is 32.2. The highest BCUT2D eigenvalue weighted by molar-refractivity contribution is 7.89. The third-order valence-electron chi connectivity index (χ3n) is 2.05. The number of hydrogen-bond donors (Lipinski definition) is 2. The number of ketones is 1. The van der Waals surface area contributed by atoms with Gasteiger partial charge in [0.1, 0.15) is 11.6 Å². The van der Waals surface area contributed by atoms with E-state index >= 15 is 0 Å². The van der Waals surface area contributed by atoms with Crippen LogP contribution in [0.25, 0.3) is 0 Å². The molecule has 1 aromatic rings. The van der Waals surface area contributed by atoms with Crippen LogP contribution in [0, 0.1) is 12.8 Å². The fourth-order valence-electron chi connectivity index (χ4n) is 0.983. The summed E-state index contributed by atoms with van der Waals surface area (Å²) in [4.78, 5) is 17.7. The SMILES string of the molecule is Cc1ncc(S(=O)(=O)NCC(=O)C(C)C)[nH]1. The number of aryl methyl sites for hydroxylation is 1. The summed E-state index contributed by atoms with van der Waals surface area (Å²) in [6, 6.07) is 0. The average Bonchev–Trinajstić information content (AvgIpc) is 2.61. The highest BCUT2D eigenvalue weighted by Crippen LogP contribution is 2.04. The van der Waals surface area contributed by atoms with E-state index in [0.717, 1.165) is 0 Å². The predicted octanol–water partition coefficient (Wildman–Crippen LogP) is 0.222. The maximum Gasteiger partial charge on any atom is 0.258 e. The van der Waals surface area contributed by atoms with Crippen molar-refractivity contribution < 1.29 is 13.2 Å². The predicted molar refractivity (Wildman–Crippen MR) is 58.4 cm³/mol. The molecule has 0 aliphatic carbocycles. The summed E-state index contributed by atoms with van der Waals surface area (Å²) < 4.78 is 25.5. The molecule has 6 nitrogen and oxygen atoms in total. The molecule has 1 rings (SSSR count). The molecule has 0 amide bonds. The molecule has 16 heavy (non-hydrogen) atoms. The molecule has 0 spiro atoms. The van der Waals surface area contributed by atoms with E-state index in [4.69, 9.17) is 0 Å². The van der Waals surface area contributed by atoms with E-state index in [9.17, 15) is 13.2 Å². The lowest BCUT2D eigenvalue weighted by molar-refractivity contribution is -0.120. The molecule has 1 aromatic heterocycles. The molecule has 0 atom stereocenters. The van der Waals surface area contributed by atoms with Crippen LogP contribution in [0.1, 0.15) is 19.7 Å². The molecule has 90 valence electrons. The molecule has 0 bridgehead atoms. The number of nitrogens with one attached hydrogen (secondary N) is 2. The number of sulfonamides is 1. The molecular formula is C9H15N3O3S. The molecule has 0 unspecified atom stereocenters. The van der Waals surface area contributed by atoms with Crippen molar-refractivity contribution in [2.45, 2.75) is 25.8 Å². The third kappa shape index (κ3) is 3.14. The van der Waals surface area contributed by atoms with Crippen molar-refractivity contribution in [3.05, 3.63) is 12.0 Å². The van der Waals surface area contributed by atoms with E-state index in [0.29, 0.717) is 5.82 Å². The van der Waals surface area contributed by atoms with Crippen LogP contribution >= 0.6 is 0 Å². The monoisotopic (exact) mass is 245 g/mol. The summed E-state index contributed by atoms with van der Waals surface area (Å²) in [5, 5.41) is -0.0263. The van der Waals surface area contributed by atoms with Gasteiger partial charge in [0.25, 0.3) is 10.0 Å². The zero-order valence-corrected chi connectivity index (χ0v) is 10.3. The fourth-order valence-corrected chi connectivity index (χ4v) is 1.94. The Morgan fingerprint density at radius 1 is 1.56 bits per heavy atom. The van der Waals surface area contributed by atoms with Gasteiger partial charge in [0.2, 0.25) is 0 Å². The number of nitrogens with zero attached hydrogens (tertiary/aromatic N) is 1. The van der Waals surface area contributed by atoms with Crippen LogP contribution in [0.15, 0.2) is 11.2 Å². The number of imidazole rings is 1. The first kappa shape index (κ1) is 12.9. The molecular weight excluding hydrogens is 230 g/mol. The first-order valence-electron chi connectivity index (χ1n) is 4.87. The summed E-state index contributed by atoms with van der Waals surface area (Å²) in [5.74, 6) is 0.168. The van der Waals surface area contributed by atoms with Gasteiger partial charge in [-0.05, 0) is 6.92 Å². The van der Waals surface area contributed by atoms with Gasteiger partial charge in [0.15, 0.2) is 5.03 Å². The van der Waals surface area contributed by atoms with Crippen LogP contribution in [0.2, 0.25) is 0 Å². The van der Waals surface area contributed by atoms with Crippen LogP contribution in [0.5, 0.6) is 0 Å². The van der Waals surface area contributed by atoms with Gasteiger partial charge in [-0.15, -0.1) is 0 Å². The number of rotatable bonds is 5. The number of H-pyrrole nitrogens is 1. The molecule has 7 heteroatoms. The van der Waals surface area contributed by atoms with Crippen molar-refractivity contribution in [2.75, 3.05) is 6.54 Å². The Morgan fingerprint density at radius 3 is 2.62 bits per heavy atom. The van der Waals surface area contributed by atoms with Gasteiger partial charge in [0, 0.05) is 5.92 Å². The highest BCUT2D eigenvalue weighted by Gasteiger charge is 2.18. The molecule has 1 heterocycles. The molecule has 0 saturated carbocycles. The Hall–Kier alpha value is -1.21. The smallest absolute Gasteiger partial charge is 0.258 e. The van der Waals surface area contributed by atoms with Crippen molar-refractivity contribution >= 4 is 15.8 Å². The summed E-state index contributed by atoms with van der Waals surface area (Å²) in [7, 11) is -3.66. The van der Waals surface area contributed by atoms with E-state index in [-0.39, 0.29) is 23.3 Å². The molecule has 0 aliphatic rings. The zero-order valence-electron chi connectivity index (χ0n) is 9.44. The van der Waals surface area contributed by atoms with Gasteiger partial charge in [-0.1, -0.05) is 13.8 Å². The van der Waals surface area contributed by atoms with Gasteiger partial charge in [-0.3, -0.25) is 4.79 Å². The summed E-state index contributed by atoms with van der Waals surface area (Å²) in [5.41, 5.74) is 0. The lowest BCUT2D eigenvalue weighted by atomic mass is 10.1. The second kappa shape index (κ2) is 4.75. The molecule has 2 N–H and O–H groups in total. The number of carbonyl (C=O) groups excluding carboxylic acids is 1. The minimum Gasteiger partial charge on any atom is -0.332 e. The number of aromatic nitrogens is 2. The largest absolute Gasteiger partial charge is 0.332 e. The van der Waals surface area contributed by atoms with E-state index in [1.807, 2.05) is 0 Å². The van der Waals surface area contributed by atoms with Crippen molar-refractivity contribution in [1.82, 2.24) is 14.7 Å². The summed E-state index contributed by atoms with van der Waals surface area (Å²) >= 11 is 0. The van der Waals surface area contributed by atoms with Crippen molar-refractivity contribution in [2.24, 2.45) is 5.92 Å². The second-order valence-electron chi connectivity index (χ2n) is 3.78. The van der Waals surface area contributed by atoms with E-state index in [1.54, 1.807) is 20.8 Å². The van der Waals surface area contributed by atoms with Crippen LogP contribution < -0.4 is 4.72 Å². The number of aromatic amines is 1. The second-order valence-corrected chi connectivity index (χ2v) is 5.51. The Kier molecular flexibility index (Phi) is 3.82. The Morgan fingerprint density at radius 2 is 2.19 bits per heavy atom. The van der Waals surface area contributed by atoms with E-state index < -0.39 is 10.0 Å². The van der Waals surface area contributed by atoms with E-state index in [1.165, 1.54) is 6.20 Å². The number of carbonyl (C=O) groups is 1. The average molecular weight is 245 g/mol. The lowest BCUT2D eigenvalue weighted by Gasteiger charge is -2.05. The van der Waals surface area contributed by atoms with Gasteiger partial charge in [-0.25, -0.2) is 18.1 Å². The molecule has 0 fully saturated rings. The van der Waals surface area contributed by atoms with Gasteiger partial charge >= 0.3 is 0 Å².